The summed E-state index contributed by atoms with van der Waals surface area (Å²) in [5, 5.41) is 6.62. The second-order valence-electron chi connectivity index (χ2n) is 3.49. The summed E-state index contributed by atoms with van der Waals surface area (Å²) < 4.78 is 5.44. The molecular formula is C11H9BrN2O3S2. The van der Waals surface area contributed by atoms with Crippen molar-refractivity contribution in [2.24, 2.45) is 0 Å². The molecule has 1 N–H and O–H groups in total. The van der Waals surface area contributed by atoms with Gasteiger partial charge in [0, 0.05) is 10.8 Å². The molecule has 0 aliphatic carbocycles. The molecule has 5 nitrogen and oxygen atoms in total. The van der Waals surface area contributed by atoms with Crippen LogP contribution in [0, 0.1) is 0 Å². The quantitative estimate of drug-likeness (QED) is 0.851. The number of nitrogens with one attached hydrogen (secondary N) is 1. The van der Waals surface area contributed by atoms with Crippen LogP contribution < -0.4 is 5.32 Å². The SMILES string of the molecule is COC(=O)Cc1csc(NC(=O)c2csc(Br)c2)n1. The number of thiazole rings is 1. The Labute approximate surface area is 125 Å². The topological polar surface area (TPSA) is 68.3 Å². The van der Waals surface area contributed by atoms with Gasteiger partial charge in [-0.3, -0.25) is 14.9 Å². The molecule has 2 aromatic heterocycles. The van der Waals surface area contributed by atoms with E-state index in [4.69, 9.17) is 0 Å². The number of carbonyl (C=O) groups is 2. The summed E-state index contributed by atoms with van der Waals surface area (Å²) in [5.74, 6) is -0.578. The summed E-state index contributed by atoms with van der Waals surface area (Å²) in [6.07, 6.45) is 0.104. The summed E-state index contributed by atoms with van der Waals surface area (Å²) in [6.45, 7) is 0. The van der Waals surface area contributed by atoms with Crippen molar-refractivity contribution in [3.63, 3.8) is 0 Å². The Hall–Kier alpha value is -1.25. The molecule has 0 bridgehead atoms. The zero-order chi connectivity index (χ0) is 13.8. The minimum absolute atomic E-state index is 0.104. The first-order chi connectivity index (χ1) is 9.08. The van der Waals surface area contributed by atoms with Gasteiger partial charge in [0.15, 0.2) is 5.13 Å². The second-order valence-corrected chi connectivity index (χ2v) is 6.64. The van der Waals surface area contributed by atoms with E-state index < -0.39 is 0 Å². The summed E-state index contributed by atoms with van der Waals surface area (Å²) >= 11 is 6.01. The van der Waals surface area contributed by atoms with Crippen molar-refractivity contribution in [2.45, 2.75) is 6.42 Å². The fourth-order valence-electron chi connectivity index (χ4n) is 1.26. The normalized spacial score (nSPS) is 10.2. The number of thiophene rings is 1. The lowest BCUT2D eigenvalue weighted by Gasteiger charge is -1.98. The lowest BCUT2D eigenvalue weighted by molar-refractivity contribution is -0.139. The van der Waals surface area contributed by atoms with E-state index >= 15 is 0 Å². The van der Waals surface area contributed by atoms with Gasteiger partial charge in [-0.2, -0.15) is 0 Å². The third kappa shape index (κ3) is 3.85. The Morgan fingerprint density at radius 3 is 2.84 bits per heavy atom. The lowest BCUT2D eigenvalue weighted by Crippen LogP contribution is -2.11. The number of hydrogen-bond acceptors (Lipinski definition) is 6. The summed E-state index contributed by atoms with van der Waals surface area (Å²) in [5.41, 5.74) is 1.15. The maximum Gasteiger partial charge on any atom is 0.311 e. The first-order valence-electron chi connectivity index (χ1n) is 5.15. The first-order valence-corrected chi connectivity index (χ1v) is 7.70. The molecule has 0 aliphatic rings. The third-order valence-electron chi connectivity index (χ3n) is 2.15. The van der Waals surface area contributed by atoms with Crippen LogP contribution in [-0.4, -0.2) is 24.0 Å². The molecule has 0 atom stereocenters. The molecular weight excluding hydrogens is 352 g/mol. The molecule has 1 amide bonds. The van der Waals surface area contributed by atoms with Gasteiger partial charge < -0.3 is 4.74 Å². The lowest BCUT2D eigenvalue weighted by atomic mass is 10.3. The smallest absolute Gasteiger partial charge is 0.311 e. The van der Waals surface area contributed by atoms with Crippen molar-refractivity contribution < 1.29 is 14.3 Å². The van der Waals surface area contributed by atoms with Crippen LogP contribution >= 0.6 is 38.6 Å². The average Bonchev–Trinajstić information content (AvgIpc) is 2.98. The number of methoxy groups -OCH3 is 1. The van der Waals surface area contributed by atoms with E-state index in [2.05, 4.69) is 31.0 Å². The summed E-state index contributed by atoms with van der Waals surface area (Å²) in [4.78, 5) is 27.1. The first kappa shape index (κ1) is 14.2. The molecule has 0 radical (unpaired) electrons. The number of amides is 1. The van der Waals surface area contributed by atoms with Crippen LogP contribution in [0.3, 0.4) is 0 Å². The summed E-state index contributed by atoms with van der Waals surface area (Å²) in [6, 6.07) is 1.74. The minimum Gasteiger partial charge on any atom is -0.469 e. The van der Waals surface area contributed by atoms with E-state index in [0.717, 1.165) is 3.79 Å². The Kier molecular flexibility index (Phi) is 4.67. The molecule has 0 fully saturated rings. The van der Waals surface area contributed by atoms with Crippen LogP contribution in [0.15, 0.2) is 20.6 Å². The molecule has 0 saturated carbocycles. The Morgan fingerprint density at radius 2 is 2.21 bits per heavy atom. The molecule has 19 heavy (non-hydrogen) atoms. The number of aromatic nitrogens is 1. The van der Waals surface area contributed by atoms with Crippen molar-refractivity contribution in [3.8, 4) is 0 Å². The predicted molar refractivity (Wildman–Crippen MR) is 77.8 cm³/mol. The van der Waals surface area contributed by atoms with E-state index in [1.165, 1.54) is 29.8 Å². The number of carbonyl (C=O) groups excluding carboxylic acids is 2. The van der Waals surface area contributed by atoms with Crippen molar-refractivity contribution in [2.75, 3.05) is 12.4 Å². The van der Waals surface area contributed by atoms with Crippen LogP contribution in [0.25, 0.3) is 0 Å². The second kappa shape index (κ2) is 6.27. The Bertz CT molecular complexity index is 609. The van der Waals surface area contributed by atoms with Crippen LogP contribution in [0.5, 0.6) is 0 Å². The third-order valence-corrected chi connectivity index (χ3v) is 4.47. The number of nitrogens with zero attached hydrogens (tertiary/aromatic N) is 1. The number of hydrogen-bond donors (Lipinski definition) is 1. The van der Waals surface area contributed by atoms with Crippen LogP contribution in [0.4, 0.5) is 5.13 Å². The minimum atomic E-state index is -0.357. The van der Waals surface area contributed by atoms with Gasteiger partial charge in [0.2, 0.25) is 0 Å². The van der Waals surface area contributed by atoms with Crippen molar-refractivity contribution >= 4 is 55.6 Å². The van der Waals surface area contributed by atoms with Gasteiger partial charge in [0.1, 0.15) is 0 Å². The molecule has 2 heterocycles. The number of anilines is 1. The zero-order valence-corrected chi connectivity index (χ0v) is 13.0. The molecule has 100 valence electrons. The average molecular weight is 361 g/mol. The molecule has 8 heteroatoms. The fourth-order valence-corrected chi connectivity index (χ4v) is 3.11. The van der Waals surface area contributed by atoms with Crippen molar-refractivity contribution in [3.05, 3.63) is 31.9 Å². The van der Waals surface area contributed by atoms with Gasteiger partial charge >= 0.3 is 5.97 Å². The highest BCUT2D eigenvalue weighted by Crippen LogP contribution is 2.22. The zero-order valence-electron chi connectivity index (χ0n) is 9.81. The summed E-state index contributed by atoms with van der Waals surface area (Å²) in [7, 11) is 1.33. The molecule has 0 aromatic carbocycles. The molecule has 0 spiro atoms. The van der Waals surface area contributed by atoms with E-state index in [1.54, 1.807) is 16.8 Å². The van der Waals surface area contributed by atoms with E-state index in [1.807, 2.05) is 0 Å². The van der Waals surface area contributed by atoms with E-state index in [0.29, 0.717) is 16.4 Å². The van der Waals surface area contributed by atoms with Crippen molar-refractivity contribution in [1.29, 1.82) is 0 Å². The van der Waals surface area contributed by atoms with E-state index in [-0.39, 0.29) is 18.3 Å². The standard InChI is InChI=1S/C11H9BrN2O3S2/c1-17-9(15)3-7-5-19-11(13-7)14-10(16)6-2-8(12)18-4-6/h2,4-5H,3H2,1H3,(H,13,14,16). The van der Waals surface area contributed by atoms with Crippen molar-refractivity contribution in [1.82, 2.24) is 4.98 Å². The highest BCUT2D eigenvalue weighted by Gasteiger charge is 2.12. The van der Waals surface area contributed by atoms with E-state index in [9.17, 15) is 9.59 Å². The largest absolute Gasteiger partial charge is 0.469 e. The predicted octanol–water partition coefficient (Wildman–Crippen LogP) is 2.93. The van der Waals surface area contributed by atoms with Gasteiger partial charge in [-0.1, -0.05) is 0 Å². The maximum atomic E-state index is 11.9. The maximum absolute atomic E-state index is 11.9. The molecule has 0 aliphatic heterocycles. The Morgan fingerprint density at radius 1 is 1.42 bits per heavy atom. The van der Waals surface area contributed by atoms with Gasteiger partial charge in [0.05, 0.1) is 28.6 Å². The van der Waals surface area contributed by atoms with Gasteiger partial charge in [-0.25, -0.2) is 4.98 Å². The molecule has 2 aromatic rings. The number of ether oxygens (including phenoxy) is 1. The monoisotopic (exact) mass is 360 g/mol. The van der Waals surface area contributed by atoms with Gasteiger partial charge in [-0.15, -0.1) is 22.7 Å². The highest BCUT2D eigenvalue weighted by atomic mass is 79.9. The highest BCUT2D eigenvalue weighted by molar-refractivity contribution is 9.11. The molecule has 0 saturated heterocycles. The van der Waals surface area contributed by atoms with Crippen LogP contribution in [0.2, 0.25) is 0 Å². The van der Waals surface area contributed by atoms with Crippen LogP contribution in [0.1, 0.15) is 16.1 Å². The molecule has 0 unspecified atom stereocenters. The van der Waals surface area contributed by atoms with Gasteiger partial charge in [0.25, 0.3) is 5.91 Å². The van der Waals surface area contributed by atoms with Gasteiger partial charge in [-0.05, 0) is 22.0 Å². The number of esters is 1. The molecule has 2 rings (SSSR count). The number of halogens is 1. The number of rotatable bonds is 4. The Balaban J connectivity index is 2.00. The fraction of sp³-hybridized carbons (Fsp3) is 0.182. The van der Waals surface area contributed by atoms with Crippen LogP contribution in [-0.2, 0) is 16.0 Å².